The molecule has 5 heteroatoms. The molecule has 4 nitrogen and oxygen atoms in total. The Kier molecular flexibility index (Phi) is 4.99. The number of hydrogen-bond donors (Lipinski definition) is 0. The normalized spacial score (nSPS) is 23.8. The summed E-state index contributed by atoms with van der Waals surface area (Å²) in [7, 11) is 0. The van der Waals surface area contributed by atoms with E-state index in [0.717, 1.165) is 29.9 Å². The Hall–Kier alpha value is -1.75. The third-order valence-corrected chi connectivity index (χ3v) is 6.05. The van der Waals surface area contributed by atoms with E-state index in [4.69, 9.17) is 4.74 Å². The molecular formula is C19H23NO3S. The van der Waals surface area contributed by atoms with Gasteiger partial charge in [0.25, 0.3) is 0 Å². The van der Waals surface area contributed by atoms with Crippen LogP contribution in [0.25, 0.3) is 0 Å². The van der Waals surface area contributed by atoms with Crippen molar-refractivity contribution in [2.45, 2.75) is 52.4 Å². The van der Waals surface area contributed by atoms with E-state index in [2.05, 4.69) is 24.0 Å². The van der Waals surface area contributed by atoms with Gasteiger partial charge in [0.05, 0.1) is 18.1 Å². The van der Waals surface area contributed by atoms with Crippen molar-refractivity contribution in [2.24, 2.45) is 10.9 Å². The molecule has 0 amide bonds. The van der Waals surface area contributed by atoms with Gasteiger partial charge >= 0.3 is 5.97 Å². The molecule has 1 fully saturated rings. The minimum atomic E-state index is -0.340. The molecule has 0 bridgehead atoms. The van der Waals surface area contributed by atoms with Crippen LogP contribution in [0.4, 0.5) is 0 Å². The van der Waals surface area contributed by atoms with E-state index in [1.807, 2.05) is 6.92 Å². The lowest BCUT2D eigenvalue weighted by atomic mass is 9.71. The van der Waals surface area contributed by atoms with Crippen molar-refractivity contribution in [3.63, 3.8) is 0 Å². The van der Waals surface area contributed by atoms with Crippen LogP contribution in [0.1, 0.15) is 55.7 Å². The number of fused-ring (bicyclic) bond motifs is 1. The number of rotatable bonds is 4. The number of Topliss-reactive ketones (excluding diaryl/α,β-unsaturated/α-hetero) is 1. The number of esters is 1. The fourth-order valence-electron chi connectivity index (χ4n) is 3.65. The molecular weight excluding hydrogens is 322 g/mol. The van der Waals surface area contributed by atoms with E-state index in [-0.39, 0.29) is 23.6 Å². The zero-order valence-corrected chi connectivity index (χ0v) is 15.2. The molecule has 2 aliphatic rings. The highest BCUT2D eigenvalue weighted by Gasteiger charge is 2.44. The second-order valence-electron chi connectivity index (χ2n) is 6.26. The van der Waals surface area contributed by atoms with Gasteiger partial charge in [-0.05, 0) is 45.2 Å². The number of carbonyl (C=O) groups is 2. The summed E-state index contributed by atoms with van der Waals surface area (Å²) < 4.78 is 5.28. The number of nitrogens with zero attached hydrogens (tertiary/aromatic N) is 1. The third-order valence-electron chi connectivity index (χ3n) is 4.74. The number of ketones is 1. The first-order chi connectivity index (χ1) is 11.6. The van der Waals surface area contributed by atoms with Crippen molar-refractivity contribution in [1.29, 1.82) is 0 Å². The molecule has 1 aliphatic carbocycles. The van der Waals surface area contributed by atoms with Crippen molar-refractivity contribution >= 4 is 28.8 Å². The number of ether oxygens (including phenoxy) is 1. The molecule has 0 saturated heterocycles. The Morgan fingerprint density at radius 2 is 2.08 bits per heavy atom. The summed E-state index contributed by atoms with van der Waals surface area (Å²) in [6.07, 6.45) is 3.22. The zero-order valence-electron chi connectivity index (χ0n) is 14.4. The standard InChI is InChI=1S/C19H23NO3S/c1-4-12-9-10-15(24-12)18-16(19(22)23-5-2)11(3)20-13-7-6-8-14(21)17(13)18/h9-10,17-18H,4-8H2,1-3H3/t17?,18-/m0/s1. The summed E-state index contributed by atoms with van der Waals surface area (Å²) in [5.74, 6) is -0.682. The maximum atomic E-state index is 12.7. The van der Waals surface area contributed by atoms with Gasteiger partial charge in [-0.25, -0.2) is 4.79 Å². The maximum Gasteiger partial charge on any atom is 0.336 e. The molecule has 24 heavy (non-hydrogen) atoms. The van der Waals surface area contributed by atoms with Gasteiger partial charge in [-0.2, -0.15) is 0 Å². The molecule has 0 N–H and O–H groups in total. The fraction of sp³-hybridized carbons (Fsp3) is 0.526. The average molecular weight is 345 g/mol. The first-order valence-electron chi connectivity index (χ1n) is 8.63. The molecule has 0 aromatic carbocycles. The van der Waals surface area contributed by atoms with Crippen LogP contribution in [0.3, 0.4) is 0 Å². The molecule has 128 valence electrons. The molecule has 2 heterocycles. The van der Waals surface area contributed by atoms with Gasteiger partial charge in [-0.3, -0.25) is 9.79 Å². The van der Waals surface area contributed by atoms with Gasteiger partial charge in [0, 0.05) is 33.5 Å². The lowest BCUT2D eigenvalue weighted by Gasteiger charge is -2.34. The number of aliphatic imine (C=N–C) groups is 1. The van der Waals surface area contributed by atoms with Gasteiger partial charge in [0.2, 0.25) is 0 Å². The largest absolute Gasteiger partial charge is 0.463 e. The molecule has 1 aromatic rings. The highest BCUT2D eigenvalue weighted by molar-refractivity contribution is 7.12. The van der Waals surface area contributed by atoms with Crippen LogP contribution in [0.15, 0.2) is 28.4 Å². The summed E-state index contributed by atoms with van der Waals surface area (Å²) in [6, 6.07) is 4.16. The second-order valence-corrected chi connectivity index (χ2v) is 7.46. The Balaban J connectivity index is 2.12. The topological polar surface area (TPSA) is 55.7 Å². The van der Waals surface area contributed by atoms with Crippen LogP contribution in [-0.2, 0) is 20.7 Å². The summed E-state index contributed by atoms with van der Waals surface area (Å²) >= 11 is 1.69. The molecule has 2 atom stereocenters. The number of thiophene rings is 1. The molecule has 1 aromatic heterocycles. The number of hydrogen-bond acceptors (Lipinski definition) is 5. The van der Waals surface area contributed by atoms with Crippen LogP contribution in [0.5, 0.6) is 0 Å². The first kappa shape index (κ1) is 17.1. The van der Waals surface area contributed by atoms with Crippen molar-refractivity contribution < 1.29 is 14.3 Å². The highest BCUT2D eigenvalue weighted by Crippen LogP contribution is 2.45. The first-order valence-corrected chi connectivity index (χ1v) is 9.45. The molecule has 3 rings (SSSR count). The molecule has 1 aliphatic heterocycles. The van der Waals surface area contributed by atoms with E-state index in [0.29, 0.717) is 24.3 Å². The van der Waals surface area contributed by atoms with E-state index in [1.165, 1.54) is 4.88 Å². The lowest BCUT2D eigenvalue weighted by Crippen LogP contribution is -2.38. The monoisotopic (exact) mass is 345 g/mol. The van der Waals surface area contributed by atoms with Crippen molar-refractivity contribution in [2.75, 3.05) is 6.61 Å². The zero-order chi connectivity index (χ0) is 17.3. The van der Waals surface area contributed by atoms with Crippen LogP contribution in [0.2, 0.25) is 0 Å². The maximum absolute atomic E-state index is 12.7. The van der Waals surface area contributed by atoms with Crippen LogP contribution in [-0.4, -0.2) is 24.1 Å². The van der Waals surface area contributed by atoms with E-state index < -0.39 is 0 Å². The minimum Gasteiger partial charge on any atom is -0.463 e. The average Bonchev–Trinajstić information content (AvgIpc) is 3.02. The predicted octanol–water partition coefficient (Wildman–Crippen LogP) is 4.06. The summed E-state index contributed by atoms with van der Waals surface area (Å²) in [6.45, 7) is 6.09. The SMILES string of the molecule is CCOC(=O)C1=C(C)N=C2CCCC(=O)C2[C@H]1c1ccc(CC)s1. The smallest absolute Gasteiger partial charge is 0.336 e. The number of allylic oxidation sites excluding steroid dienone is 1. The Bertz CT molecular complexity index is 729. The molecule has 0 spiro atoms. The summed E-state index contributed by atoms with van der Waals surface area (Å²) in [5, 5.41) is 0. The van der Waals surface area contributed by atoms with E-state index >= 15 is 0 Å². The fourth-order valence-corrected chi connectivity index (χ4v) is 4.75. The van der Waals surface area contributed by atoms with E-state index in [1.54, 1.807) is 18.3 Å². The Labute approximate surface area is 146 Å². The second kappa shape index (κ2) is 7.01. The van der Waals surface area contributed by atoms with Gasteiger partial charge in [0.1, 0.15) is 5.78 Å². The van der Waals surface area contributed by atoms with Gasteiger partial charge in [0.15, 0.2) is 0 Å². The minimum absolute atomic E-state index is 0.200. The summed E-state index contributed by atoms with van der Waals surface area (Å²) in [5.41, 5.74) is 2.20. The van der Waals surface area contributed by atoms with Gasteiger partial charge in [-0.1, -0.05) is 6.92 Å². The lowest BCUT2D eigenvalue weighted by molar-refractivity contribution is -0.139. The quantitative estimate of drug-likeness (QED) is 0.774. The highest BCUT2D eigenvalue weighted by atomic mass is 32.1. The third kappa shape index (κ3) is 2.97. The molecule has 1 saturated carbocycles. The van der Waals surface area contributed by atoms with Gasteiger partial charge < -0.3 is 4.74 Å². The number of aryl methyl sites for hydroxylation is 1. The van der Waals surface area contributed by atoms with Crippen molar-refractivity contribution in [3.05, 3.63) is 33.2 Å². The Morgan fingerprint density at radius 3 is 2.75 bits per heavy atom. The predicted molar refractivity (Wildman–Crippen MR) is 95.6 cm³/mol. The van der Waals surface area contributed by atoms with Crippen LogP contribution in [0, 0.1) is 5.92 Å². The van der Waals surface area contributed by atoms with E-state index in [9.17, 15) is 9.59 Å². The van der Waals surface area contributed by atoms with Crippen molar-refractivity contribution in [3.8, 4) is 0 Å². The van der Waals surface area contributed by atoms with Gasteiger partial charge in [-0.15, -0.1) is 11.3 Å². The molecule has 1 unspecified atom stereocenters. The van der Waals surface area contributed by atoms with Crippen LogP contribution >= 0.6 is 11.3 Å². The molecule has 0 radical (unpaired) electrons. The van der Waals surface area contributed by atoms with Crippen molar-refractivity contribution in [1.82, 2.24) is 0 Å². The summed E-state index contributed by atoms with van der Waals surface area (Å²) in [4.78, 5) is 32.2. The Morgan fingerprint density at radius 1 is 1.29 bits per heavy atom. The van der Waals surface area contributed by atoms with Crippen LogP contribution < -0.4 is 0 Å². The number of carbonyl (C=O) groups excluding carboxylic acids is 2.